The zero-order valence-electron chi connectivity index (χ0n) is 9.80. The van der Waals surface area contributed by atoms with Crippen LogP contribution in [0.4, 0.5) is 4.39 Å². The minimum Gasteiger partial charge on any atom is -0.481 e. The highest BCUT2D eigenvalue weighted by Crippen LogP contribution is 2.25. The van der Waals surface area contributed by atoms with E-state index in [4.69, 9.17) is 5.11 Å². The number of hydrogen-bond acceptors (Lipinski definition) is 3. The summed E-state index contributed by atoms with van der Waals surface area (Å²) in [6.07, 6.45) is 0.506. The highest BCUT2D eigenvalue weighted by molar-refractivity contribution is 7.89. The van der Waals surface area contributed by atoms with Crippen LogP contribution in [-0.2, 0) is 14.8 Å². The highest BCUT2D eigenvalue weighted by Gasteiger charge is 2.39. The van der Waals surface area contributed by atoms with E-state index >= 15 is 0 Å². The van der Waals surface area contributed by atoms with E-state index in [1.54, 1.807) is 6.92 Å². The Hall–Kier alpha value is -0.690. The molecule has 1 aliphatic rings. The molecule has 0 aromatic rings. The number of rotatable bonds is 6. The lowest BCUT2D eigenvalue weighted by Gasteiger charge is -2.15. The maximum atomic E-state index is 11.9. The summed E-state index contributed by atoms with van der Waals surface area (Å²) in [6.45, 7) is 1.49. The second-order valence-corrected chi connectivity index (χ2v) is 6.54. The summed E-state index contributed by atoms with van der Waals surface area (Å²) < 4.78 is 36.8. The number of unbranched alkanes of at least 4 members (excludes halogenated alkanes) is 1. The molecule has 1 N–H and O–H groups in total. The summed E-state index contributed by atoms with van der Waals surface area (Å²) in [5, 5.41) is 8.91. The molecule has 17 heavy (non-hydrogen) atoms. The number of carbonyl (C=O) groups is 1. The van der Waals surface area contributed by atoms with E-state index < -0.39 is 28.6 Å². The number of carboxylic acid groups (broad SMARTS) is 1. The maximum Gasteiger partial charge on any atom is 0.308 e. The second-order valence-electron chi connectivity index (χ2n) is 4.45. The van der Waals surface area contributed by atoms with Crippen LogP contribution in [0.25, 0.3) is 0 Å². The van der Waals surface area contributed by atoms with Gasteiger partial charge in [0.2, 0.25) is 10.0 Å². The van der Waals surface area contributed by atoms with E-state index in [1.807, 2.05) is 0 Å². The van der Waals surface area contributed by atoms with Crippen molar-refractivity contribution in [1.29, 1.82) is 0 Å². The van der Waals surface area contributed by atoms with Crippen molar-refractivity contribution in [2.75, 3.05) is 25.5 Å². The quantitative estimate of drug-likeness (QED) is 0.719. The van der Waals surface area contributed by atoms with Gasteiger partial charge in [-0.2, -0.15) is 0 Å². The van der Waals surface area contributed by atoms with Gasteiger partial charge >= 0.3 is 5.97 Å². The van der Waals surface area contributed by atoms with Crippen molar-refractivity contribution >= 4 is 16.0 Å². The average molecular weight is 267 g/mol. The summed E-state index contributed by atoms with van der Waals surface area (Å²) in [4.78, 5) is 10.9. The molecule has 5 nitrogen and oxygen atoms in total. The van der Waals surface area contributed by atoms with Gasteiger partial charge in [0, 0.05) is 13.1 Å². The van der Waals surface area contributed by atoms with Gasteiger partial charge in [0.25, 0.3) is 0 Å². The lowest BCUT2D eigenvalue weighted by Crippen LogP contribution is -2.32. The zero-order valence-corrected chi connectivity index (χ0v) is 10.6. The Balaban J connectivity index is 2.60. The molecular weight excluding hydrogens is 249 g/mol. The van der Waals surface area contributed by atoms with Crippen LogP contribution in [0, 0.1) is 11.8 Å². The Bertz CT molecular complexity index is 371. The molecule has 0 aromatic carbocycles. The molecule has 7 heteroatoms. The van der Waals surface area contributed by atoms with E-state index in [0.29, 0.717) is 0 Å². The fourth-order valence-electron chi connectivity index (χ4n) is 1.98. The summed E-state index contributed by atoms with van der Waals surface area (Å²) in [5.41, 5.74) is 0. The molecule has 0 radical (unpaired) electrons. The van der Waals surface area contributed by atoms with Crippen LogP contribution < -0.4 is 0 Å². The molecule has 2 atom stereocenters. The van der Waals surface area contributed by atoms with Crippen LogP contribution in [0.15, 0.2) is 0 Å². The smallest absolute Gasteiger partial charge is 0.308 e. The van der Waals surface area contributed by atoms with Crippen molar-refractivity contribution in [2.24, 2.45) is 11.8 Å². The van der Waals surface area contributed by atoms with E-state index in [9.17, 15) is 17.6 Å². The predicted molar refractivity (Wildman–Crippen MR) is 60.9 cm³/mol. The van der Waals surface area contributed by atoms with Gasteiger partial charge in [-0.3, -0.25) is 9.18 Å². The van der Waals surface area contributed by atoms with E-state index in [2.05, 4.69) is 0 Å². The van der Waals surface area contributed by atoms with Gasteiger partial charge in [-0.15, -0.1) is 0 Å². The van der Waals surface area contributed by atoms with Crippen molar-refractivity contribution in [3.05, 3.63) is 0 Å². The summed E-state index contributed by atoms with van der Waals surface area (Å²) >= 11 is 0. The van der Waals surface area contributed by atoms with Gasteiger partial charge in [-0.1, -0.05) is 6.92 Å². The van der Waals surface area contributed by atoms with Gasteiger partial charge in [0.15, 0.2) is 0 Å². The molecule has 0 bridgehead atoms. The first kappa shape index (κ1) is 14.4. The standard InChI is InChI=1S/C10H18FNO4S/c1-8-6-12(7-9(8)10(13)14)17(15,16)5-3-2-4-11/h8-9H,2-7H2,1H3,(H,13,14)/t8-,9-/m1/s1. The van der Waals surface area contributed by atoms with Crippen LogP contribution in [0.5, 0.6) is 0 Å². The average Bonchev–Trinajstić information content (AvgIpc) is 2.61. The number of halogens is 1. The monoisotopic (exact) mass is 267 g/mol. The minimum absolute atomic E-state index is 0.0362. The van der Waals surface area contributed by atoms with Gasteiger partial charge in [0.1, 0.15) is 0 Å². The maximum absolute atomic E-state index is 11.9. The molecule has 0 aromatic heterocycles. The van der Waals surface area contributed by atoms with Gasteiger partial charge in [-0.05, 0) is 18.8 Å². The molecule has 0 aliphatic carbocycles. The first-order valence-electron chi connectivity index (χ1n) is 5.65. The lowest BCUT2D eigenvalue weighted by molar-refractivity contribution is -0.142. The number of carboxylic acids is 1. The molecule has 1 rings (SSSR count). The second kappa shape index (κ2) is 5.77. The molecule has 0 spiro atoms. The first-order valence-corrected chi connectivity index (χ1v) is 7.26. The van der Waals surface area contributed by atoms with E-state index in [0.717, 1.165) is 0 Å². The molecule has 1 saturated heterocycles. The third-order valence-corrected chi connectivity index (χ3v) is 4.96. The number of alkyl halides is 1. The number of aliphatic carboxylic acids is 1. The molecule has 0 amide bonds. The largest absolute Gasteiger partial charge is 0.481 e. The van der Waals surface area contributed by atoms with Gasteiger partial charge in [0.05, 0.1) is 18.3 Å². The van der Waals surface area contributed by atoms with Crippen molar-refractivity contribution < 1.29 is 22.7 Å². The van der Waals surface area contributed by atoms with Gasteiger partial charge < -0.3 is 5.11 Å². The molecule has 0 saturated carbocycles. The normalized spacial score (nSPS) is 26.2. The zero-order chi connectivity index (χ0) is 13.1. The van der Waals surface area contributed by atoms with Crippen LogP contribution in [0.1, 0.15) is 19.8 Å². The molecule has 1 fully saturated rings. The van der Waals surface area contributed by atoms with Crippen molar-refractivity contribution in [3.63, 3.8) is 0 Å². The van der Waals surface area contributed by atoms with Crippen molar-refractivity contribution in [1.82, 2.24) is 4.31 Å². The number of nitrogens with zero attached hydrogens (tertiary/aromatic N) is 1. The van der Waals surface area contributed by atoms with Crippen LogP contribution in [0.3, 0.4) is 0 Å². The fourth-order valence-corrected chi connectivity index (χ4v) is 3.66. The summed E-state index contributed by atoms with van der Waals surface area (Å²) in [5.74, 6) is -1.87. The van der Waals surface area contributed by atoms with Crippen LogP contribution in [0.2, 0.25) is 0 Å². The number of sulfonamides is 1. The molecule has 1 aliphatic heterocycles. The molecule has 100 valence electrons. The topological polar surface area (TPSA) is 74.7 Å². The Labute approximate surface area is 101 Å². The summed E-state index contributed by atoms with van der Waals surface area (Å²) in [7, 11) is -3.43. The third kappa shape index (κ3) is 3.64. The lowest BCUT2D eigenvalue weighted by atomic mass is 9.99. The Morgan fingerprint density at radius 1 is 1.41 bits per heavy atom. The molecule has 1 heterocycles. The van der Waals surface area contributed by atoms with Crippen LogP contribution >= 0.6 is 0 Å². The SMILES string of the molecule is C[C@@H]1CN(S(=O)(=O)CCCCF)C[C@H]1C(=O)O. The molecule has 0 unspecified atom stereocenters. The van der Waals surface area contributed by atoms with Crippen molar-refractivity contribution in [2.45, 2.75) is 19.8 Å². The Kier molecular flexibility index (Phi) is 4.88. The Morgan fingerprint density at radius 3 is 2.53 bits per heavy atom. The fraction of sp³-hybridized carbons (Fsp3) is 0.900. The first-order chi connectivity index (χ1) is 7.88. The van der Waals surface area contributed by atoms with E-state index in [1.165, 1.54) is 4.31 Å². The van der Waals surface area contributed by atoms with E-state index in [-0.39, 0.29) is 37.6 Å². The number of hydrogen-bond donors (Lipinski definition) is 1. The van der Waals surface area contributed by atoms with Gasteiger partial charge in [-0.25, -0.2) is 12.7 Å². The van der Waals surface area contributed by atoms with Crippen molar-refractivity contribution in [3.8, 4) is 0 Å². The Morgan fingerprint density at radius 2 is 2.06 bits per heavy atom. The third-order valence-electron chi connectivity index (χ3n) is 3.08. The summed E-state index contributed by atoms with van der Waals surface area (Å²) in [6, 6.07) is 0. The highest BCUT2D eigenvalue weighted by atomic mass is 32.2. The van der Waals surface area contributed by atoms with Crippen LogP contribution in [-0.4, -0.2) is 49.3 Å². The predicted octanol–water partition coefficient (Wildman–Crippen LogP) is 0.718. The minimum atomic E-state index is -3.43. The molecular formula is C10H18FNO4S.